The Morgan fingerprint density at radius 3 is 2.76 bits per heavy atom. The maximum absolute atomic E-state index is 14.1. The van der Waals surface area contributed by atoms with E-state index in [9.17, 15) is 22.8 Å². The van der Waals surface area contributed by atoms with Crippen molar-refractivity contribution in [1.82, 2.24) is 9.80 Å². The third-order valence-electron chi connectivity index (χ3n) is 6.05. The lowest BCUT2D eigenvalue weighted by Crippen LogP contribution is -2.51. The lowest BCUT2D eigenvalue weighted by Gasteiger charge is -2.34. The smallest absolute Gasteiger partial charge is 0.265 e. The third kappa shape index (κ3) is 7.01. The molecule has 2 amide bonds. The van der Waals surface area contributed by atoms with Crippen molar-refractivity contribution in [3.05, 3.63) is 35.9 Å². The van der Waals surface area contributed by atoms with Gasteiger partial charge in [0, 0.05) is 38.3 Å². The van der Waals surface area contributed by atoms with Gasteiger partial charge in [-0.3, -0.25) is 14.6 Å². The van der Waals surface area contributed by atoms with Crippen LogP contribution in [0, 0.1) is 0 Å². The molecule has 2 heterocycles. The summed E-state index contributed by atoms with van der Waals surface area (Å²) in [7, 11) is 0. The number of halogens is 3. The largest absolute Gasteiger partial charge is 0.377 e. The molecule has 0 spiro atoms. The molecule has 2 aliphatic rings. The van der Waals surface area contributed by atoms with Crippen LogP contribution in [-0.4, -0.2) is 85.4 Å². The number of nitrogens with zero attached hydrogens (tertiary/aromatic N) is 3. The number of rotatable bonds is 10. The monoisotopic (exact) mass is 468 g/mol. The van der Waals surface area contributed by atoms with Crippen molar-refractivity contribution in [2.75, 3.05) is 32.8 Å². The Balaban J connectivity index is 1.50. The second-order valence-electron chi connectivity index (χ2n) is 8.77. The first kappa shape index (κ1) is 25.2. The lowest BCUT2D eigenvalue weighted by atomic mass is 10.0. The molecule has 2 N–H and O–H groups in total. The Bertz CT molecular complexity index is 826. The highest BCUT2D eigenvalue weighted by Gasteiger charge is 2.40. The Hall–Kier alpha value is -2.46. The van der Waals surface area contributed by atoms with Crippen molar-refractivity contribution in [2.24, 2.45) is 10.7 Å². The van der Waals surface area contributed by atoms with Crippen LogP contribution in [0.15, 0.2) is 35.3 Å². The number of ether oxygens (including phenoxy) is 1. The molecule has 10 heteroatoms. The number of benzene rings is 1. The van der Waals surface area contributed by atoms with E-state index < -0.39 is 43.1 Å². The number of carbonyl (C=O) groups excluding carboxylic acids is 2. The van der Waals surface area contributed by atoms with Crippen molar-refractivity contribution in [3.63, 3.8) is 0 Å². The van der Waals surface area contributed by atoms with Gasteiger partial charge >= 0.3 is 0 Å². The van der Waals surface area contributed by atoms with E-state index in [1.807, 2.05) is 30.3 Å². The van der Waals surface area contributed by atoms with Gasteiger partial charge in [-0.2, -0.15) is 0 Å². The van der Waals surface area contributed by atoms with E-state index in [0.717, 1.165) is 10.5 Å². The van der Waals surface area contributed by atoms with Gasteiger partial charge in [-0.05, 0) is 12.3 Å². The van der Waals surface area contributed by atoms with Gasteiger partial charge in [0.1, 0.15) is 6.17 Å². The van der Waals surface area contributed by atoms with Crippen LogP contribution in [0.5, 0.6) is 0 Å². The minimum atomic E-state index is -2.95. The van der Waals surface area contributed by atoms with Gasteiger partial charge in [0.2, 0.25) is 11.8 Å². The number of hydrogen-bond donors (Lipinski definition) is 1. The number of piperidine rings is 1. The Morgan fingerprint density at radius 1 is 1.33 bits per heavy atom. The van der Waals surface area contributed by atoms with Crippen LogP contribution in [0.25, 0.3) is 0 Å². The molecule has 33 heavy (non-hydrogen) atoms. The number of alkyl halides is 3. The van der Waals surface area contributed by atoms with E-state index in [0.29, 0.717) is 0 Å². The molecule has 1 aromatic carbocycles. The summed E-state index contributed by atoms with van der Waals surface area (Å²) in [4.78, 5) is 31.2. The summed E-state index contributed by atoms with van der Waals surface area (Å²) in [6.45, 7) is 3.07. The first-order valence-electron chi connectivity index (χ1n) is 11.1. The second kappa shape index (κ2) is 11.1. The van der Waals surface area contributed by atoms with Gasteiger partial charge in [-0.25, -0.2) is 13.2 Å². The van der Waals surface area contributed by atoms with E-state index in [-0.39, 0.29) is 57.5 Å². The van der Waals surface area contributed by atoms with Gasteiger partial charge in [0.05, 0.1) is 38.4 Å². The summed E-state index contributed by atoms with van der Waals surface area (Å²) < 4.78 is 47.1. The molecule has 0 aromatic heterocycles. The van der Waals surface area contributed by atoms with E-state index in [2.05, 4.69) is 11.7 Å². The molecular formula is C23H31F3N4O3. The van der Waals surface area contributed by atoms with E-state index in [1.165, 1.54) is 4.90 Å². The lowest BCUT2D eigenvalue weighted by molar-refractivity contribution is -0.148. The average Bonchev–Trinajstić information content (AvgIpc) is 3.15. The molecule has 0 unspecified atom stereocenters. The van der Waals surface area contributed by atoms with Crippen molar-refractivity contribution in [2.45, 2.75) is 55.9 Å². The standard InChI is InChI=1S/C23H31F3N4O3/c1-28-20(16-5-3-2-4-6-16)14-33-13-19-9-17(24)11-30(19)22(32)10-18(27)12-29-15-23(25,26)8-7-21(29)31/h2-6,17-20H,1,7-15,27H2/t17-,18-,19-,20+/m0/s1. The summed E-state index contributed by atoms with van der Waals surface area (Å²) in [5, 5.41) is 0. The Kier molecular flexibility index (Phi) is 8.47. The SMILES string of the molecule is C=N[C@H](COC[C@@H]1C[C@H](F)CN1C(=O)C[C@H](N)CN1CC(F)(F)CCC1=O)c1ccccc1. The summed E-state index contributed by atoms with van der Waals surface area (Å²) >= 11 is 0. The predicted octanol–water partition coefficient (Wildman–Crippen LogP) is 2.36. The van der Waals surface area contributed by atoms with E-state index in [4.69, 9.17) is 10.5 Å². The first-order chi connectivity index (χ1) is 15.7. The van der Waals surface area contributed by atoms with E-state index in [1.54, 1.807) is 0 Å². The number of carbonyl (C=O) groups is 2. The van der Waals surface area contributed by atoms with Crippen LogP contribution < -0.4 is 5.73 Å². The minimum Gasteiger partial charge on any atom is -0.377 e. The second-order valence-corrected chi connectivity index (χ2v) is 8.77. The highest BCUT2D eigenvalue weighted by atomic mass is 19.3. The molecule has 0 bridgehead atoms. The van der Waals surface area contributed by atoms with E-state index >= 15 is 0 Å². The zero-order valence-corrected chi connectivity index (χ0v) is 18.5. The Morgan fingerprint density at radius 2 is 2.06 bits per heavy atom. The van der Waals surface area contributed by atoms with Crippen LogP contribution in [0.1, 0.15) is 37.3 Å². The first-order valence-corrected chi connectivity index (χ1v) is 11.1. The number of aliphatic imine (C=N–C) groups is 1. The zero-order chi connectivity index (χ0) is 24.0. The van der Waals surface area contributed by atoms with Crippen molar-refractivity contribution in [3.8, 4) is 0 Å². The Labute approximate surface area is 191 Å². The van der Waals surface area contributed by atoms with Crippen LogP contribution in [0.3, 0.4) is 0 Å². The number of amides is 2. The fourth-order valence-corrected chi connectivity index (χ4v) is 4.32. The van der Waals surface area contributed by atoms with Crippen LogP contribution >= 0.6 is 0 Å². The summed E-state index contributed by atoms with van der Waals surface area (Å²) in [6, 6.07) is 7.95. The third-order valence-corrected chi connectivity index (χ3v) is 6.05. The van der Waals surface area contributed by atoms with Crippen LogP contribution in [0.2, 0.25) is 0 Å². The quantitative estimate of drug-likeness (QED) is 0.534. The van der Waals surface area contributed by atoms with Crippen LogP contribution in [-0.2, 0) is 14.3 Å². The van der Waals surface area contributed by atoms with Crippen molar-refractivity contribution in [1.29, 1.82) is 0 Å². The predicted molar refractivity (Wildman–Crippen MR) is 118 cm³/mol. The highest BCUT2D eigenvalue weighted by Crippen LogP contribution is 2.28. The average molecular weight is 469 g/mol. The molecule has 1 aromatic rings. The zero-order valence-electron chi connectivity index (χ0n) is 18.5. The summed E-state index contributed by atoms with van der Waals surface area (Å²) in [6.07, 6.45) is -1.92. The maximum Gasteiger partial charge on any atom is 0.265 e. The molecule has 3 rings (SSSR count). The molecule has 0 aliphatic carbocycles. The van der Waals surface area contributed by atoms with Crippen molar-refractivity contribution >= 4 is 18.5 Å². The molecule has 2 saturated heterocycles. The minimum absolute atomic E-state index is 0.0673. The molecular weight excluding hydrogens is 437 g/mol. The van der Waals surface area contributed by atoms with Gasteiger partial charge in [0.25, 0.3) is 5.92 Å². The highest BCUT2D eigenvalue weighted by molar-refractivity contribution is 5.79. The molecule has 0 saturated carbocycles. The number of likely N-dealkylation sites (tertiary alicyclic amines) is 2. The molecule has 2 aliphatic heterocycles. The van der Waals surface area contributed by atoms with Gasteiger partial charge < -0.3 is 20.3 Å². The fourth-order valence-electron chi connectivity index (χ4n) is 4.32. The molecule has 7 nitrogen and oxygen atoms in total. The number of nitrogens with two attached hydrogens (primary N) is 1. The fraction of sp³-hybridized carbons (Fsp3) is 0.609. The van der Waals surface area contributed by atoms with Crippen LogP contribution in [0.4, 0.5) is 13.2 Å². The molecule has 0 radical (unpaired) electrons. The topological polar surface area (TPSA) is 88.2 Å². The number of hydrogen-bond acceptors (Lipinski definition) is 5. The van der Waals surface area contributed by atoms with Gasteiger partial charge in [-0.15, -0.1) is 0 Å². The molecule has 4 atom stereocenters. The van der Waals surface area contributed by atoms with Crippen molar-refractivity contribution < 1.29 is 27.5 Å². The summed E-state index contributed by atoms with van der Waals surface area (Å²) in [5.74, 6) is -3.73. The molecule has 182 valence electrons. The van der Waals surface area contributed by atoms with Gasteiger partial charge in [-0.1, -0.05) is 30.3 Å². The van der Waals surface area contributed by atoms with Gasteiger partial charge in [0.15, 0.2) is 0 Å². The molecule has 2 fully saturated rings. The normalized spacial score (nSPS) is 24.5. The maximum atomic E-state index is 14.1. The summed E-state index contributed by atoms with van der Waals surface area (Å²) in [5.41, 5.74) is 6.94.